The molecule has 12 heteroatoms. The highest BCUT2D eigenvalue weighted by atomic mass is 32.2. The molecule has 1 aliphatic rings. The SMILES string of the molecule is CCN1C(=O)/C(=C/c2ccc(OC(=O)c3cc([N+](=O)[O-])cc([N+](=O)[O-])c3)cc2)SC1=S. The van der Waals surface area contributed by atoms with Crippen LogP contribution < -0.4 is 4.74 Å². The van der Waals surface area contributed by atoms with Crippen LogP contribution in [0.1, 0.15) is 22.8 Å². The van der Waals surface area contributed by atoms with E-state index in [2.05, 4.69) is 0 Å². The Kier molecular flexibility index (Phi) is 6.42. The third kappa shape index (κ3) is 4.92. The normalized spacial score (nSPS) is 14.7. The fourth-order valence-electron chi connectivity index (χ4n) is 2.65. The first-order valence-electron chi connectivity index (χ1n) is 8.71. The predicted octanol–water partition coefficient (Wildman–Crippen LogP) is 3.94. The Hall–Kier alpha value is -3.64. The van der Waals surface area contributed by atoms with Crippen molar-refractivity contribution in [3.8, 4) is 5.75 Å². The molecular weight excluding hydrogens is 446 g/mol. The van der Waals surface area contributed by atoms with E-state index in [9.17, 15) is 29.8 Å². The Morgan fingerprint density at radius 1 is 1.13 bits per heavy atom. The summed E-state index contributed by atoms with van der Waals surface area (Å²) < 4.78 is 5.64. The number of nitro benzene ring substituents is 2. The molecule has 1 fully saturated rings. The second-order valence-electron chi connectivity index (χ2n) is 6.14. The number of hydrogen-bond acceptors (Lipinski definition) is 9. The Balaban J connectivity index is 1.77. The average molecular weight is 459 g/mol. The summed E-state index contributed by atoms with van der Waals surface area (Å²) in [6, 6.07) is 8.71. The summed E-state index contributed by atoms with van der Waals surface area (Å²) in [7, 11) is 0. The van der Waals surface area contributed by atoms with Crippen LogP contribution in [0.4, 0.5) is 11.4 Å². The zero-order chi connectivity index (χ0) is 22.7. The van der Waals surface area contributed by atoms with Crippen LogP contribution in [0.25, 0.3) is 6.08 Å². The number of amides is 1. The van der Waals surface area contributed by atoms with Gasteiger partial charge in [-0.05, 0) is 30.7 Å². The molecule has 0 radical (unpaired) electrons. The third-order valence-electron chi connectivity index (χ3n) is 4.14. The maximum atomic E-state index is 12.3. The maximum Gasteiger partial charge on any atom is 0.344 e. The quantitative estimate of drug-likeness (QED) is 0.157. The second kappa shape index (κ2) is 9.02. The van der Waals surface area contributed by atoms with E-state index in [4.69, 9.17) is 17.0 Å². The van der Waals surface area contributed by atoms with E-state index in [1.165, 1.54) is 28.8 Å². The van der Waals surface area contributed by atoms with Gasteiger partial charge in [-0.1, -0.05) is 36.1 Å². The summed E-state index contributed by atoms with van der Waals surface area (Å²) in [5.41, 5.74) is -0.850. The lowest BCUT2D eigenvalue weighted by molar-refractivity contribution is -0.394. The fourth-order valence-corrected chi connectivity index (χ4v) is 4.03. The van der Waals surface area contributed by atoms with Crippen LogP contribution in [0.5, 0.6) is 5.75 Å². The van der Waals surface area contributed by atoms with Crippen LogP contribution in [0.3, 0.4) is 0 Å². The highest BCUT2D eigenvalue weighted by molar-refractivity contribution is 8.26. The lowest BCUT2D eigenvalue weighted by atomic mass is 10.1. The van der Waals surface area contributed by atoms with Crippen molar-refractivity contribution in [1.82, 2.24) is 4.90 Å². The highest BCUT2D eigenvalue weighted by Gasteiger charge is 2.30. The number of thiocarbonyl (C=S) groups is 1. The smallest absolute Gasteiger partial charge is 0.344 e. The molecule has 10 nitrogen and oxygen atoms in total. The van der Waals surface area contributed by atoms with E-state index in [1.807, 2.05) is 6.92 Å². The van der Waals surface area contributed by atoms with Crippen molar-refractivity contribution in [2.75, 3.05) is 6.54 Å². The largest absolute Gasteiger partial charge is 0.423 e. The van der Waals surface area contributed by atoms with Crippen molar-refractivity contribution in [2.24, 2.45) is 0 Å². The summed E-state index contributed by atoms with van der Waals surface area (Å²) in [5.74, 6) is -1.04. The van der Waals surface area contributed by atoms with Crippen LogP contribution in [0.2, 0.25) is 0 Å². The molecule has 0 aromatic heterocycles. The number of esters is 1. The summed E-state index contributed by atoms with van der Waals surface area (Å²) >= 11 is 6.35. The molecule has 158 valence electrons. The number of rotatable bonds is 6. The van der Waals surface area contributed by atoms with Gasteiger partial charge in [0.25, 0.3) is 17.3 Å². The number of hydrogen-bond donors (Lipinski definition) is 0. The van der Waals surface area contributed by atoms with Gasteiger partial charge in [-0.2, -0.15) is 0 Å². The molecule has 1 saturated heterocycles. The van der Waals surface area contributed by atoms with Crippen LogP contribution in [-0.2, 0) is 4.79 Å². The molecule has 0 saturated carbocycles. The van der Waals surface area contributed by atoms with Gasteiger partial charge in [0, 0.05) is 18.7 Å². The minimum absolute atomic E-state index is 0.123. The lowest BCUT2D eigenvalue weighted by Crippen LogP contribution is -2.27. The fraction of sp³-hybridized carbons (Fsp3) is 0.105. The zero-order valence-corrected chi connectivity index (χ0v) is 17.5. The van der Waals surface area contributed by atoms with Crippen molar-refractivity contribution < 1.29 is 24.2 Å². The van der Waals surface area contributed by atoms with Gasteiger partial charge in [-0.3, -0.25) is 29.9 Å². The zero-order valence-electron chi connectivity index (χ0n) is 15.8. The van der Waals surface area contributed by atoms with E-state index in [-0.39, 0.29) is 17.2 Å². The molecule has 3 rings (SSSR count). The standard InChI is InChI=1S/C19H13N3O7S2/c1-2-20-17(23)16(31-19(20)30)7-11-3-5-15(6-4-11)29-18(24)12-8-13(21(25)26)10-14(9-12)22(27)28/h3-10H,2H2,1H3/b16-7-. The molecule has 1 heterocycles. The summed E-state index contributed by atoms with van der Waals surface area (Å²) in [4.78, 5) is 46.8. The molecule has 1 amide bonds. The minimum atomic E-state index is -0.983. The molecular formula is C19H13N3O7S2. The summed E-state index contributed by atoms with van der Waals surface area (Å²) in [6.07, 6.45) is 1.66. The van der Waals surface area contributed by atoms with E-state index in [0.717, 1.165) is 18.2 Å². The van der Waals surface area contributed by atoms with Crippen LogP contribution >= 0.6 is 24.0 Å². The topological polar surface area (TPSA) is 133 Å². The third-order valence-corrected chi connectivity index (χ3v) is 5.52. The molecule has 2 aromatic carbocycles. The highest BCUT2D eigenvalue weighted by Crippen LogP contribution is 2.32. The summed E-state index contributed by atoms with van der Waals surface area (Å²) in [5, 5.41) is 21.9. The van der Waals surface area contributed by atoms with Gasteiger partial charge in [-0.15, -0.1) is 0 Å². The summed E-state index contributed by atoms with van der Waals surface area (Å²) in [6.45, 7) is 2.31. The number of non-ortho nitro benzene ring substituents is 2. The molecule has 1 aliphatic heterocycles. The number of ether oxygens (including phenoxy) is 1. The minimum Gasteiger partial charge on any atom is -0.423 e. The van der Waals surface area contributed by atoms with Crippen LogP contribution in [0.15, 0.2) is 47.4 Å². The first-order valence-corrected chi connectivity index (χ1v) is 9.93. The van der Waals surface area contributed by atoms with Gasteiger partial charge in [0.2, 0.25) is 0 Å². The van der Waals surface area contributed by atoms with Gasteiger partial charge in [-0.25, -0.2) is 4.79 Å². The van der Waals surface area contributed by atoms with Crippen LogP contribution in [-0.4, -0.2) is 37.5 Å². The van der Waals surface area contributed by atoms with Crippen molar-refractivity contribution in [2.45, 2.75) is 6.92 Å². The maximum absolute atomic E-state index is 12.3. The van der Waals surface area contributed by atoms with E-state index in [1.54, 1.807) is 18.2 Å². The number of nitrogens with zero attached hydrogens (tertiary/aromatic N) is 3. The Morgan fingerprint density at radius 3 is 2.19 bits per heavy atom. The van der Waals surface area contributed by atoms with Gasteiger partial charge >= 0.3 is 5.97 Å². The Labute approximate surface area is 184 Å². The first-order chi connectivity index (χ1) is 14.7. The predicted molar refractivity (Wildman–Crippen MR) is 117 cm³/mol. The van der Waals surface area contributed by atoms with Crippen molar-refractivity contribution >= 4 is 57.6 Å². The molecule has 0 spiro atoms. The van der Waals surface area contributed by atoms with E-state index < -0.39 is 27.2 Å². The lowest BCUT2D eigenvalue weighted by Gasteiger charge is -2.09. The van der Waals surface area contributed by atoms with E-state index in [0.29, 0.717) is 21.3 Å². The van der Waals surface area contributed by atoms with Crippen molar-refractivity contribution in [1.29, 1.82) is 0 Å². The van der Waals surface area contributed by atoms with Crippen LogP contribution in [0, 0.1) is 20.2 Å². The number of likely N-dealkylation sites (N-methyl/N-ethyl adjacent to an activating group) is 1. The van der Waals surface area contributed by atoms with Gasteiger partial charge in [0.05, 0.1) is 26.4 Å². The Bertz CT molecular complexity index is 1110. The van der Waals surface area contributed by atoms with Gasteiger partial charge in [0.15, 0.2) is 0 Å². The van der Waals surface area contributed by atoms with Gasteiger partial charge < -0.3 is 4.74 Å². The van der Waals surface area contributed by atoms with E-state index >= 15 is 0 Å². The number of nitro groups is 2. The number of carbonyl (C=O) groups is 2. The molecule has 0 bridgehead atoms. The molecule has 2 aromatic rings. The van der Waals surface area contributed by atoms with Crippen molar-refractivity contribution in [3.05, 3.63) is 78.7 Å². The molecule has 31 heavy (non-hydrogen) atoms. The number of benzene rings is 2. The second-order valence-corrected chi connectivity index (χ2v) is 7.81. The molecule has 0 atom stereocenters. The first kappa shape index (κ1) is 22.1. The van der Waals surface area contributed by atoms with Crippen molar-refractivity contribution in [3.63, 3.8) is 0 Å². The van der Waals surface area contributed by atoms with Gasteiger partial charge in [0.1, 0.15) is 10.1 Å². The number of thioether (sulfide) groups is 1. The number of carbonyl (C=O) groups excluding carboxylic acids is 2. The molecule has 0 aliphatic carbocycles. The molecule has 0 N–H and O–H groups in total. The average Bonchev–Trinajstić information content (AvgIpc) is 3.01. The monoisotopic (exact) mass is 459 g/mol. The molecule has 0 unspecified atom stereocenters. The Morgan fingerprint density at radius 2 is 1.71 bits per heavy atom.